The summed E-state index contributed by atoms with van der Waals surface area (Å²) in [5.74, 6) is 0.979. The van der Waals surface area contributed by atoms with Crippen LogP contribution < -0.4 is 0 Å². The van der Waals surface area contributed by atoms with Crippen LogP contribution in [0.1, 0.15) is 42.1 Å². The Bertz CT molecular complexity index is 944. The molecule has 0 radical (unpaired) electrons. The lowest BCUT2D eigenvalue weighted by molar-refractivity contribution is 0.0724. The third-order valence-corrected chi connectivity index (χ3v) is 6.17. The fraction of sp³-hybridized carbons (Fsp3) is 0.364. The van der Waals surface area contributed by atoms with E-state index in [-0.39, 0.29) is 5.91 Å². The molecule has 0 atom stereocenters. The van der Waals surface area contributed by atoms with Crippen LogP contribution in [0.3, 0.4) is 0 Å². The number of aryl methyl sites for hydroxylation is 1. The Labute approximate surface area is 164 Å². The lowest BCUT2D eigenvalue weighted by Gasteiger charge is -2.26. The first-order chi connectivity index (χ1) is 13.3. The minimum absolute atomic E-state index is 0.169. The number of imidazole rings is 1. The summed E-state index contributed by atoms with van der Waals surface area (Å²) in [6, 6.07) is 16.3. The van der Waals surface area contributed by atoms with Crippen molar-refractivity contribution in [3.63, 3.8) is 0 Å². The Morgan fingerprint density at radius 2 is 1.89 bits per heavy atom. The van der Waals surface area contributed by atoms with Gasteiger partial charge in [-0.15, -0.1) is 0 Å². The zero-order chi connectivity index (χ0) is 18.6. The summed E-state index contributed by atoms with van der Waals surface area (Å²) >= 11 is 1.73. The molecule has 0 bridgehead atoms. The molecule has 2 heterocycles. The molecule has 140 valence electrons. The Hall–Kier alpha value is -2.27. The molecule has 0 saturated carbocycles. The molecular weight excluding hydrogens is 354 g/mol. The number of piperidine rings is 1. The molecule has 5 heteroatoms. The fourth-order valence-corrected chi connectivity index (χ4v) is 4.71. The van der Waals surface area contributed by atoms with Gasteiger partial charge in [-0.05, 0) is 56.0 Å². The van der Waals surface area contributed by atoms with E-state index in [0.717, 1.165) is 60.0 Å². The number of fused-ring (bicyclic) bond motifs is 1. The van der Waals surface area contributed by atoms with Gasteiger partial charge in [0.2, 0.25) is 0 Å². The molecule has 4 nitrogen and oxygen atoms in total. The average molecular weight is 380 g/mol. The van der Waals surface area contributed by atoms with E-state index >= 15 is 0 Å². The minimum atomic E-state index is 0.169. The number of likely N-dealkylation sites (tertiary alicyclic amines) is 1. The SMILES string of the molecule is CCn1c(SCc2cccc(C(=O)N3CCCCC3)c2)nc2ccccc21. The van der Waals surface area contributed by atoms with Crippen LogP contribution >= 0.6 is 11.8 Å². The quantitative estimate of drug-likeness (QED) is 0.587. The van der Waals surface area contributed by atoms with E-state index in [9.17, 15) is 4.79 Å². The van der Waals surface area contributed by atoms with Crippen molar-refractivity contribution in [1.29, 1.82) is 0 Å². The second kappa shape index (κ2) is 8.17. The number of rotatable bonds is 5. The van der Waals surface area contributed by atoms with E-state index in [0.29, 0.717) is 0 Å². The van der Waals surface area contributed by atoms with Gasteiger partial charge in [-0.25, -0.2) is 4.98 Å². The topological polar surface area (TPSA) is 38.1 Å². The van der Waals surface area contributed by atoms with Crippen LogP contribution in [-0.4, -0.2) is 33.4 Å². The van der Waals surface area contributed by atoms with Crippen molar-refractivity contribution in [1.82, 2.24) is 14.5 Å². The Morgan fingerprint density at radius 3 is 2.70 bits per heavy atom. The number of thioether (sulfide) groups is 1. The van der Waals surface area contributed by atoms with Crippen molar-refractivity contribution in [2.45, 2.75) is 43.6 Å². The van der Waals surface area contributed by atoms with E-state index < -0.39 is 0 Å². The summed E-state index contributed by atoms with van der Waals surface area (Å²) in [7, 11) is 0. The highest BCUT2D eigenvalue weighted by Gasteiger charge is 2.18. The Morgan fingerprint density at radius 1 is 1.07 bits per heavy atom. The second-order valence-corrected chi connectivity index (χ2v) is 7.91. The number of hydrogen-bond donors (Lipinski definition) is 0. The largest absolute Gasteiger partial charge is 0.339 e. The maximum absolute atomic E-state index is 12.7. The summed E-state index contributed by atoms with van der Waals surface area (Å²) in [5.41, 5.74) is 4.18. The molecule has 27 heavy (non-hydrogen) atoms. The summed E-state index contributed by atoms with van der Waals surface area (Å²) in [6.07, 6.45) is 3.47. The second-order valence-electron chi connectivity index (χ2n) is 6.97. The molecule has 4 rings (SSSR count). The van der Waals surface area contributed by atoms with Crippen molar-refractivity contribution in [2.24, 2.45) is 0 Å². The molecule has 0 aliphatic carbocycles. The van der Waals surface area contributed by atoms with Gasteiger partial charge in [0.05, 0.1) is 11.0 Å². The summed E-state index contributed by atoms with van der Waals surface area (Å²) in [4.78, 5) is 19.5. The molecule has 2 aromatic carbocycles. The van der Waals surface area contributed by atoms with Crippen LogP contribution in [0.15, 0.2) is 53.7 Å². The smallest absolute Gasteiger partial charge is 0.253 e. The highest BCUT2D eigenvalue weighted by atomic mass is 32.2. The van der Waals surface area contributed by atoms with Crippen LogP contribution in [0.2, 0.25) is 0 Å². The first-order valence-corrected chi connectivity index (χ1v) is 10.7. The van der Waals surface area contributed by atoms with Gasteiger partial charge in [0.25, 0.3) is 5.91 Å². The van der Waals surface area contributed by atoms with E-state index in [1.807, 2.05) is 29.2 Å². The fourth-order valence-electron chi connectivity index (χ4n) is 3.69. The number of para-hydroxylation sites is 2. The molecular formula is C22H25N3OS. The minimum Gasteiger partial charge on any atom is -0.339 e. The van der Waals surface area contributed by atoms with Gasteiger partial charge in [0.15, 0.2) is 5.16 Å². The molecule has 0 spiro atoms. The molecule has 0 N–H and O–H groups in total. The predicted molar refractivity (Wildman–Crippen MR) is 111 cm³/mol. The molecule has 1 aromatic heterocycles. The van der Waals surface area contributed by atoms with Gasteiger partial charge < -0.3 is 9.47 Å². The summed E-state index contributed by atoms with van der Waals surface area (Å²) in [5, 5.41) is 1.03. The molecule has 1 aliphatic rings. The van der Waals surface area contributed by atoms with Crippen molar-refractivity contribution < 1.29 is 4.79 Å². The molecule has 1 fully saturated rings. The number of hydrogen-bond acceptors (Lipinski definition) is 3. The van der Waals surface area contributed by atoms with Crippen LogP contribution in [0, 0.1) is 0 Å². The maximum Gasteiger partial charge on any atom is 0.253 e. The number of aromatic nitrogens is 2. The van der Waals surface area contributed by atoms with Gasteiger partial charge in [0.1, 0.15) is 0 Å². The van der Waals surface area contributed by atoms with Crippen molar-refractivity contribution >= 4 is 28.7 Å². The van der Waals surface area contributed by atoms with Gasteiger partial charge >= 0.3 is 0 Å². The highest BCUT2D eigenvalue weighted by Crippen LogP contribution is 2.27. The number of amides is 1. The maximum atomic E-state index is 12.7. The van der Waals surface area contributed by atoms with Crippen LogP contribution in [0.5, 0.6) is 0 Å². The van der Waals surface area contributed by atoms with Gasteiger partial charge in [-0.1, -0.05) is 36.0 Å². The van der Waals surface area contributed by atoms with Crippen LogP contribution in [0.25, 0.3) is 11.0 Å². The van der Waals surface area contributed by atoms with Gasteiger partial charge in [-0.2, -0.15) is 0 Å². The average Bonchev–Trinajstić information content (AvgIpc) is 3.10. The van der Waals surface area contributed by atoms with Crippen molar-refractivity contribution in [3.05, 3.63) is 59.7 Å². The number of carbonyl (C=O) groups excluding carboxylic acids is 1. The first-order valence-electron chi connectivity index (χ1n) is 9.72. The third kappa shape index (κ3) is 3.88. The highest BCUT2D eigenvalue weighted by molar-refractivity contribution is 7.98. The van der Waals surface area contributed by atoms with Gasteiger partial charge in [-0.3, -0.25) is 4.79 Å². The van der Waals surface area contributed by atoms with Crippen molar-refractivity contribution in [2.75, 3.05) is 13.1 Å². The lowest BCUT2D eigenvalue weighted by atomic mass is 10.1. The zero-order valence-electron chi connectivity index (χ0n) is 15.7. The van der Waals surface area contributed by atoms with E-state index in [1.54, 1.807) is 11.8 Å². The standard InChI is InChI=1S/C22H25N3OS/c1-2-25-20-12-5-4-11-19(20)23-22(25)27-16-17-9-8-10-18(15-17)21(26)24-13-6-3-7-14-24/h4-5,8-12,15H,2-3,6-7,13-14,16H2,1H3. The van der Waals surface area contributed by atoms with Crippen LogP contribution in [0.4, 0.5) is 0 Å². The number of nitrogens with zero attached hydrogens (tertiary/aromatic N) is 3. The van der Waals surface area contributed by atoms with Crippen LogP contribution in [-0.2, 0) is 12.3 Å². The lowest BCUT2D eigenvalue weighted by Crippen LogP contribution is -2.35. The van der Waals surface area contributed by atoms with Gasteiger partial charge in [0, 0.05) is 31.0 Å². The molecule has 3 aromatic rings. The molecule has 0 unspecified atom stereocenters. The number of benzene rings is 2. The summed E-state index contributed by atoms with van der Waals surface area (Å²) < 4.78 is 2.25. The summed E-state index contributed by atoms with van der Waals surface area (Å²) in [6.45, 7) is 4.82. The molecule has 1 amide bonds. The zero-order valence-corrected chi connectivity index (χ0v) is 16.5. The monoisotopic (exact) mass is 379 g/mol. The third-order valence-electron chi connectivity index (χ3n) is 5.12. The Kier molecular flexibility index (Phi) is 5.48. The van der Waals surface area contributed by atoms with E-state index in [2.05, 4.69) is 35.8 Å². The van der Waals surface area contributed by atoms with E-state index in [4.69, 9.17) is 4.98 Å². The first kappa shape index (κ1) is 18.1. The molecule has 1 saturated heterocycles. The predicted octanol–water partition coefficient (Wildman–Crippen LogP) is 4.97. The number of carbonyl (C=O) groups is 1. The normalized spacial score (nSPS) is 14.6. The molecule has 1 aliphatic heterocycles. The van der Waals surface area contributed by atoms with Crippen molar-refractivity contribution in [3.8, 4) is 0 Å². The van der Waals surface area contributed by atoms with E-state index in [1.165, 1.54) is 11.9 Å². The Balaban J connectivity index is 1.50.